The summed E-state index contributed by atoms with van der Waals surface area (Å²) in [5.41, 5.74) is 3.14. The van der Waals surface area contributed by atoms with Gasteiger partial charge in [0.25, 0.3) is 5.92 Å². The Morgan fingerprint density at radius 3 is 2.59 bits per heavy atom. The van der Waals surface area contributed by atoms with Crippen LogP contribution in [0.15, 0.2) is 30.5 Å². The third-order valence-electron chi connectivity index (χ3n) is 7.03. The van der Waals surface area contributed by atoms with Crippen LogP contribution in [0.1, 0.15) is 47.3 Å². The van der Waals surface area contributed by atoms with Gasteiger partial charge in [-0.05, 0) is 49.1 Å². The summed E-state index contributed by atoms with van der Waals surface area (Å²) in [7, 11) is 1.24. The van der Waals surface area contributed by atoms with Crippen molar-refractivity contribution < 1.29 is 17.9 Å². The first-order valence-electron chi connectivity index (χ1n) is 12.4. The number of benzene rings is 1. The Morgan fingerprint density at radius 1 is 1.19 bits per heavy atom. The monoisotopic (exact) mass is 512 g/mol. The summed E-state index contributed by atoms with van der Waals surface area (Å²) >= 11 is 0. The summed E-state index contributed by atoms with van der Waals surface area (Å²) < 4.78 is 46.7. The van der Waals surface area contributed by atoms with E-state index in [1.807, 2.05) is 19.1 Å². The van der Waals surface area contributed by atoms with Crippen LogP contribution in [-0.2, 0) is 11.2 Å². The minimum Gasteiger partial charge on any atom is -0.378 e. The number of pyridine rings is 1. The molecule has 10 heteroatoms. The van der Waals surface area contributed by atoms with Crippen molar-refractivity contribution in [2.75, 3.05) is 51.9 Å². The fourth-order valence-corrected chi connectivity index (χ4v) is 5.33. The Hall–Kier alpha value is -3.18. The van der Waals surface area contributed by atoms with Crippen LogP contribution in [0.5, 0.6) is 0 Å². The van der Waals surface area contributed by atoms with Crippen LogP contribution in [0.3, 0.4) is 0 Å². The highest BCUT2D eigenvalue weighted by Gasteiger charge is 2.42. The van der Waals surface area contributed by atoms with Gasteiger partial charge in [-0.15, -0.1) is 0 Å². The van der Waals surface area contributed by atoms with Gasteiger partial charge in [0.2, 0.25) is 0 Å². The third kappa shape index (κ3) is 5.88. The highest BCUT2D eigenvalue weighted by molar-refractivity contribution is 5.57. The van der Waals surface area contributed by atoms with E-state index in [1.54, 1.807) is 23.2 Å². The Morgan fingerprint density at radius 2 is 1.97 bits per heavy atom. The molecule has 7 nitrogen and oxygen atoms in total. The predicted octanol–water partition coefficient (Wildman–Crippen LogP) is 3.90. The van der Waals surface area contributed by atoms with Crippen LogP contribution in [-0.4, -0.2) is 79.4 Å². The van der Waals surface area contributed by atoms with E-state index in [9.17, 15) is 23.7 Å². The van der Waals surface area contributed by atoms with Crippen molar-refractivity contribution in [3.05, 3.63) is 58.4 Å². The van der Waals surface area contributed by atoms with Crippen LogP contribution >= 0.6 is 0 Å². The molecule has 0 amide bonds. The van der Waals surface area contributed by atoms with E-state index < -0.39 is 25.1 Å². The molecule has 1 saturated heterocycles. The highest BCUT2D eigenvalue weighted by atomic mass is 19.3. The molecule has 3 heterocycles. The standard InChI is InChI=1S/C27H31F3N6O/c1-18-10-19-4-5-20(11-31)23(12-32)25(19)26(36(18)16-27(29,30)17-37-2)24-7-6-21(13-33-24)34-22-14-35(15-22)9-3-8-28/h4-7,13,18,22,26,34H,3,8-10,14-17H2,1-2H3/t18-,26-/m1/s1. The minimum atomic E-state index is -3.11. The zero-order valence-electron chi connectivity index (χ0n) is 21.1. The van der Waals surface area contributed by atoms with E-state index in [-0.39, 0.29) is 29.9 Å². The number of fused-ring (bicyclic) bond motifs is 1. The van der Waals surface area contributed by atoms with Crippen molar-refractivity contribution in [2.45, 2.75) is 43.8 Å². The highest BCUT2D eigenvalue weighted by Crippen LogP contribution is 2.41. The first-order valence-corrected chi connectivity index (χ1v) is 12.4. The van der Waals surface area contributed by atoms with Crippen molar-refractivity contribution in [1.29, 1.82) is 10.5 Å². The molecule has 1 aromatic heterocycles. The number of anilines is 1. The maximum absolute atomic E-state index is 14.8. The van der Waals surface area contributed by atoms with E-state index in [0.29, 0.717) is 24.1 Å². The summed E-state index contributed by atoms with van der Waals surface area (Å²) in [6, 6.07) is 10.5. The molecule has 0 spiro atoms. The van der Waals surface area contributed by atoms with Crippen LogP contribution in [0, 0.1) is 22.7 Å². The van der Waals surface area contributed by atoms with Gasteiger partial charge in [-0.3, -0.25) is 19.2 Å². The number of hydrogen-bond acceptors (Lipinski definition) is 7. The van der Waals surface area contributed by atoms with Gasteiger partial charge in [-0.25, -0.2) is 8.78 Å². The van der Waals surface area contributed by atoms with Crippen LogP contribution in [0.25, 0.3) is 0 Å². The van der Waals surface area contributed by atoms with Crippen LogP contribution in [0.2, 0.25) is 0 Å². The largest absolute Gasteiger partial charge is 0.378 e. The number of likely N-dealkylation sites (tertiary alicyclic amines) is 1. The molecule has 4 rings (SSSR count). The molecular formula is C27H31F3N6O. The molecular weight excluding hydrogens is 481 g/mol. The minimum absolute atomic E-state index is 0.198. The van der Waals surface area contributed by atoms with Gasteiger partial charge in [0.05, 0.1) is 54.0 Å². The van der Waals surface area contributed by atoms with Gasteiger partial charge in [0, 0.05) is 32.8 Å². The summed E-state index contributed by atoms with van der Waals surface area (Å²) in [6.07, 6.45) is 2.67. The third-order valence-corrected chi connectivity index (χ3v) is 7.03. The van der Waals surface area contributed by atoms with Gasteiger partial charge in [0.1, 0.15) is 18.7 Å². The molecule has 0 radical (unpaired) electrons. The summed E-state index contributed by atoms with van der Waals surface area (Å²) in [4.78, 5) is 8.47. The zero-order valence-corrected chi connectivity index (χ0v) is 21.1. The second-order valence-electron chi connectivity index (χ2n) is 9.82. The molecule has 2 aromatic rings. The van der Waals surface area contributed by atoms with Gasteiger partial charge in [-0.2, -0.15) is 10.5 Å². The second-order valence-corrected chi connectivity index (χ2v) is 9.82. The lowest BCUT2D eigenvalue weighted by Gasteiger charge is -2.43. The summed E-state index contributed by atoms with van der Waals surface area (Å²) in [5.74, 6) is -3.11. The lowest BCUT2D eigenvalue weighted by Crippen LogP contribution is -2.54. The molecule has 0 bridgehead atoms. The molecule has 0 aliphatic carbocycles. The molecule has 1 N–H and O–H groups in total. The van der Waals surface area contributed by atoms with Crippen molar-refractivity contribution in [3.8, 4) is 12.1 Å². The van der Waals surface area contributed by atoms with Gasteiger partial charge in [0.15, 0.2) is 0 Å². The average molecular weight is 513 g/mol. The van der Waals surface area contributed by atoms with Crippen LogP contribution in [0.4, 0.5) is 18.9 Å². The molecule has 2 atom stereocenters. The molecule has 0 unspecified atom stereocenters. The Kier molecular flexibility index (Phi) is 8.33. The second kappa shape index (κ2) is 11.5. The zero-order chi connectivity index (χ0) is 26.6. The number of rotatable bonds is 10. The molecule has 1 fully saturated rings. The molecule has 37 heavy (non-hydrogen) atoms. The number of nitrogens with zero attached hydrogens (tertiary/aromatic N) is 5. The van der Waals surface area contributed by atoms with Crippen LogP contribution < -0.4 is 5.32 Å². The fourth-order valence-electron chi connectivity index (χ4n) is 5.33. The van der Waals surface area contributed by atoms with E-state index in [4.69, 9.17) is 4.74 Å². The number of methoxy groups -OCH3 is 1. The molecule has 1 aromatic carbocycles. The maximum atomic E-state index is 14.8. The molecule has 0 saturated carbocycles. The lowest BCUT2D eigenvalue weighted by atomic mass is 9.82. The van der Waals surface area contributed by atoms with Gasteiger partial charge >= 0.3 is 0 Å². The number of halogens is 3. The Balaban J connectivity index is 1.65. The van der Waals surface area contributed by atoms with E-state index >= 15 is 0 Å². The van der Waals surface area contributed by atoms with Crippen molar-refractivity contribution >= 4 is 5.69 Å². The average Bonchev–Trinajstić information content (AvgIpc) is 2.85. The number of alkyl halides is 3. The van der Waals surface area contributed by atoms with Crippen molar-refractivity contribution in [1.82, 2.24) is 14.8 Å². The number of nitrogens with one attached hydrogen (secondary N) is 1. The summed E-state index contributed by atoms with van der Waals surface area (Å²) in [6.45, 7) is 2.64. The molecule has 196 valence electrons. The van der Waals surface area contributed by atoms with Gasteiger partial charge in [-0.1, -0.05) is 6.07 Å². The first kappa shape index (κ1) is 26.9. The lowest BCUT2D eigenvalue weighted by molar-refractivity contribution is -0.0963. The first-order chi connectivity index (χ1) is 17.8. The molecule has 2 aliphatic rings. The Labute approximate surface area is 215 Å². The SMILES string of the molecule is COCC(F)(F)CN1[C@H](c2ccc(NC3CN(CCCF)C3)cn2)c2c(ccc(C#N)c2C#N)C[C@H]1C. The van der Waals surface area contributed by atoms with Crippen molar-refractivity contribution in [2.24, 2.45) is 0 Å². The van der Waals surface area contributed by atoms with Crippen molar-refractivity contribution in [3.63, 3.8) is 0 Å². The fraction of sp³-hybridized carbons (Fsp3) is 0.519. The Bertz CT molecular complexity index is 1170. The number of hydrogen-bond donors (Lipinski definition) is 1. The quantitative estimate of drug-likeness (QED) is 0.517. The maximum Gasteiger partial charge on any atom is 0.283 e. The van der Waals surface area contributed by atoms with E-state index in [2.05, 4.69) is 27.3 Å². The topological polar surface area (TPSA) is 88.2 Å². The normalized spacial score (nSPS) is 20.5. The summed E-state index contributed by atoms with van der Waals surface area (Å²) in [5, 5.41) is 23.0. The van der Waals surface area contributed by atoms with E-state index in [0.717, 1.165) is 30.9 Å². The number of ether oxygens (including phenoxy) is 1. The number of aromatic nitrogens is 1. The van der Waals surface area contributed by atoms with E-state index in [1.165, 1.54) is 7.11 Å². The van der Waals surface area contributed by atoms with Gasteiger partial charge < -0.3 is 10.1 Å². The molecule has 2 aliphatic heterocycles. The predicted molar refractivity (Wildman–Crippen MR) is 133 cm³/mol. The number of nitriles is 2. The smallest absolute Gasteiger partial charge is 0.283 e.